The quantitative estimate of drug-likeness (QED) is 0.239. The summed E-state index contributed by atoms with van der Waals surface area (Å²) in [6, 6.07) is 43.0. The minimum atomic E-state index is 0.965. The molecule has 0 saturated heterocycles. The van der Waals surface area contributed by atoms with Gasteiger partial charge in [0.05, 0.1) is 17.1 Å². The first-order chi connectivity index (χ1) is 18.8. The lowest BCUT2D eigenvalue weighted by Gasteiger charge is -2.28. The predicted octanol–water partition coefficient (Wildman–Crippen LogP) is 10.1. The van der Waals surface area contributed by atoms with Gasteiger partial charge in [-0.1, -0.05) is 91.0 Å². The Hall–Kier alpha value is -4.73. The van der Waals surface area contributed by atoms with Gasteiger partial charge in [-0.2, -0.15) is 0 Å². The molecule has 0 N–H and O–H groups in total. The maximum Gasteiger partial charge on any atom is 0.0730 e. The van der Waals surface area contributed by atoms with Crippen LogP contribution in [0.1, 0.15) is 5.56 Å². The van der Waals surface area contributed by atoms with Gasteiger partial charge in [0.15, 0.2) is 0 Å². The van der Waals surface area contributed by atoms with Gasteiger partial charge in [-0.15, -0.1) is 11.3 Å². The maximum atomic E-state index is 5.08. The molecule has 178 valence electrons. The number of anilines is 2. The number of thiophene rings is 1. The van der Waals surface area contributed by atoms with E-state index in [0.29, 0.717) is 0 Å². The lowest BCUT2D eigenvalue weighted by Crippen LogP contribution is -2.12. The van der Waals surface area contributed by atoms with Gasteiger partial charge in [-0.05, 0) is 47.4 Å². The molecule has 7 aromatic rings. The molecule has 0 radical (unpaired) electrons. The van der Waals surface area contributed by atoms with E-state index in [1.54, 1.807) is 0 Å². The molecule has 0 fully saturated rings. The Labute approximate surface area is 224 Å². The zero-order valence-electron chi connectivity index (χ0n) is 20.5. The summed E-state index contributed by atoms with van der Waals surface area (Å²) in [5, 5.41) is 5.25. The number of pyridine rings is 1. The van der Waals surface area contributed by atoms with Gasteiger partial charge in [0, 0.05) is 48.6 Å². The topological polar surface area (TPSA) is 16.1 Å². The van der Waals surface area contributed by atoms with Crippen LogP contribution in [-0.4, -0.2) is 4.98 Å². The lowest BCUT2D eigenvalue weighted by molar-refractivity contribution is 1.25. The van der Waals surface area contributed by atoms with Crippen molar-refractivity contribution >= 4 is 59.7 Å². The van der Waals surface area contributed by atoms with Crippen molar-refractivity contribution < 1.29 is 0 Å². The molecule has 8 rings (SSSR count). The van der Waals surface area contributed by atoms with E-state index in [9.17, 15) is 0 Å². The lowest BCUT2D eigenvalue weighted by atomic mass is 9.94. The number of nitrogens with zero attached hydrogens (tertiary/aromatic N) is 2. The third-order valence-electron chi connectivity index (χ3n) is 7.40. The van der Waals surface area contributed by atoms with E-state index in [2.05, 4.69) is 126 Å². The Balaban J connectivity index is 1.38. The van der Waals surface area contributed by atoms with Crippen molar-refractivity contribution in [1.29, 1.82) is 0 Å². The monoisotopic (exact) mass is 502 g/mol. The van der Waals surface area contributed by atoms with Crippen LogP contribution in [0.3, 0.4) is 0 Å². The Morgan fingerprint density at radius 2 is 1.26 bits per heavy atom. The van der Waals surface area contributed by atoms with Crippen LogP contribution < -0.4 is 4.90 Å². The van der Waals surface area contributed by atoms with E-state index < -0.39 is 0 Å². The number of fused-ring (bicyclic) bond motifs is 4. The normalized spacial score (nSPS) is 12.6. The van der Waals surface area contributed by atoms with E-state index in [4.69, 9.17) is 4.98 Å². The molecule has 2 aromatic heterocycles. The number of aromatic nitrogens is 1. The van der Waals surface area contributed by atoms with Crippen LogP contribution in [0.5, 0.6) is 0 Å². The third-order valence-corrected chi connectivity index (χ3v) is 8.52. The van der Waals surface area contributed by atoms with Crippen molar-refractivity contribution in [2.75, 3.05) is 4.90 Å². The fourth-order valence-electron chi connectivity index (χ4n) is 5.67. The van der Waals surface area contributed by atoms with E-state index in [1.165, 1.54) is 42.2 Å². The van der Waals surface area contributed by atoms with Gasteiger partial charge < -0.3 is 4.90 Å². The second-order valence-electron chi connectivity index (χ2n) is 9.65. The average molecular weight is 503 g/mol. The zero-order chi connectivity index (χ0) is 25.1. The van der Waals surface area contributed by atoms with Gasteiger partial charge in [-0.25, -0.2) is 4.98 Å². The highest BCUT2D eigenvalue weighted by atomic mass is 32.1. The van der Waals surface area contributed by atoms with Crippen LogP contribution in [0.15, 0.2) is 128 Å². The van der Waals surface area contributed by atoms with Crippen LogP contribution >= 0.6 is 11.3 Å². The first kappa shape index (κ1) is 21.4. The Morgan fingerprint density at radius 3 is 2.00 bits per heavy atom. The van der Waals surface area contributed by atoms with Crippen LogP contribution in [-0.2, 0) is 0 Å². The molecule has 0 saturated carbocycles. The number of hydrogen-bond donors (Lipinski definition) is 0. The zero-order valence-corrected chi connectivity index (χ0v) is 21.3. The van der Waals surface area contributed by atoms with Crippen molar-refractivity contribution in [2.24, 2.45) is 0 Å². The van der Waals surface area contributed by atoms with Crippen molar-refractivity contribution in [3.63, 3.8) is 0 Å². The number of rotatable bonds is 3. The first-order valence-corrected chi connectivity index (χ1v) is 13.6. The Bertz CT molecular complexity index is 1960. The van der Waals surface area contributed by atoms with Gasteiger partial charge in [0.1, 0.15) is 0 Å². The molecule has 3 heterocycles. The molecule has 1 aliphatic heterocycles. The van der Waals surface area contributed by atoms with Crippen LogP contribution in [0.25, 0.3) is 59.5 Å². The summed E-state index contributed by atoms with van der Waals surface area (Å²) in [7, 11) is 0. The van der Waals surface area contributed by atoms with Crippen molar-refractivity contribution in [3.8, 4) is 22.5 Å². The molecule has 0 spiro atoms. The van der Waals surface area contributed by atoms with E-state index in [0.717, 1.165) is 28.2 Å². The molecule has 2 nitrogen and oxygen atoms in total. The minimum Gasteiger partial charge on any atom is -0.316 e. The second-order valence-corrected chi connectivity index (χ2v) is 10.7. The van der Waals surface area contributed by atoms with E-state index in [-0.39, 0.29) is 0 Å². The molecule has 0 bridgehead atoms. The largest absolute Gasteiger partial charge is 0.316 e. The fourth-order valence-corrected chi connectivity index (χ4v) is 6.84. The van der Waals surface area contributed by atoms with Crippen LogP contribution in [0, 0.1) is 0 Å². The summed E-state index contributed by atoms with van der Waals surface area (Å²) in [6.45, 7) is 0. The summed E-state index contributed by atoms with van der Waals surface area (Å²) >= 11 is 1.88. The van der Waals surface area contributed by atoms with Crippen molar-refractivity contribution in [1.82, 2.24) is 4.98 Å². The first-order valence-electron chi connectivity index (χ1n) is 12.8. The summed E-state index contributed by atoms with van der Waals surface area (Å²) in [5.74, 6) is 0. The number of benzene rings is 5. The molecule has 0 amide bonds. The second kappa shape index (κ2) is 8.41. The molecular formula is C35H22N2S. The molecule has 38 heavy (non-hydrogen) atoms. The molecule has 1 aliphatic rings. The summed E-state index contributed by atoms with van der Waals surface area (Å²) < 4.78 is 2.67. The smallest absolute Gasteiger partial charge is 0.0730 e. The van der Waals surface area contributed by atoms with Gasteiger partial charge in [-0.3, -0.25) is 0 Å². The molecule has 0 atom stereocenters. The highest BCUT2D eigenvalue weighted by Gasteiger charge is 2.22. The highest BCUT2D eigenvalue weighted by molar-refractivity contribution is 7.26. The summed E-state index contributed by atoms with van der Waals surface area (Å²) in [4.78, 5) is 7.40. The summed E-state index contributed by atoms with van der Waals surface area (Å²) in [6.07, 6.45) is 4.52. The predicted molar refractivity (Wildman–Crippen MR) is 163 cm³/mol. The van der Waals surface area contributed by atoms with Crippen molar-refractivity contribution in [2.45, 2.75) is 0 Å². The van der Waals surface area contributed by atoms with Gasteiger partial charge in [0.25, 0.3) is 0 Å². The maximum absolute atomic E-state index is 5.08. The summed E-state index contributed by atoms with van der Waals surface area (Å²) in [5.41, 5.74) is 7.75. The van der Waals surface area contributed by atoms with E-state index in [1.807, 2.05) is 23.5 Å². The molecule has 0 unspecified atom stereocenters. The van der Waals surface area contributed by atoms with Crippen LogP contribution in [0.2, 0.25) is 0 Å². The van der Waals surface area contributed by atoms with Gasteiger partial charge in [0.2, 0.25) is 0 Å². The fraction of sp³-hybridized carbons (Fsp3) is 0. The number of hydrogen-bond acceptors (Lipinski definition) is 3. The SMILES string of the molecule is C1=CN(c2cc(-c3ccccc3)nc(-c3ccccc3)c2)c2cccc3cc4sc5ccccc5c4c1c23. The Morgan fingerprint density at radius 1 is 0.579 bits per heavy atom. The standard InChI is InChI=1S/C35H22N2S/c1-3-10-23(11-4-1)29-21-26(22-30(36-29)24-12-5-2-6-13-24)37-19-18-28-34-25(14-9-16-31(34)37)20-33-35(28)27-15-7-8-17-32(27)38-33/h1-22H. The minimum absolute atomic E-state index is 0.965. The highest BCUT2D eigenvalue weighted by Crippen LogP contribution is 2.46. The molecule has 0 aliphatic carbocycles. The van der Waals surface area contributed by atoms with Gasteiger partial charge >= 0.3 is 0 Å². The van der Waals surface area contributed by atoms with Crippen LogP contribution in [0.4, 0.5) is 11.4 Å². The third kappa shape index (κ3) is 3.29. The molecular weight excluding hydrogens is 480 g/mol. The molecule has 3 heteroatoms. The Kier molecular flexibility index (Phi) is 4.73. The van der Waals surface area contributed by atoms with E-state index >= 15 is 0 Å². The molecule has 5 aromatic carbocycles. The van der Waals surface area contributed by atoms with Crippen molar-refractivity contribution in [3.05, 3.63) is 133 Å². The average Bonchev–Trinajstić information content (AvgIpc) is 3.36.